The van der Waals surface area contributed by atoms with Gasteiger partial charge in [-0.1, -0.05) is 159 Å². The Morgan fingerprint density at radius 3 is 1.13 bits per heavy atom. The van der Waals surface area contributed by atoms with Gasteiger partial charge in [-0.05, 0) is 81.9 Å². The highest BCUT2D eigenvalue weighted by Gasteiger charge is 2.41. The lowest BCUT2D eigenvalue weighted by Crippen LogP contribution is -2.27. The van der Waals surface area contributed by atoms with Crippen LogP contribution in [0.25, 0.3) is 85.0 Å². The van der Waals surface area contributed by atoms with Gasteiger partial charge in [0.05, 0.1) is 11.0 Å². The smallest absolute Gasteiger partial charge is 0.164 e. The molecule has 8 nitrogen and oxygen atoms in total. The second-order valence-corrected chi connectivity index (χ2v) is 17.1. The number of rotatable bonds is 8. The minimum absolute atomic E-state index is 0.0213. The van der Waals surface area contributed by atoms with Crippen molar-refractivity contribution in [3.05, 3.63) is 239 Å². The van der Waals surface area contributed by atoms with Crippen molar-refractivity contribution in [3.63, 3.8) is 0 Å². The Bertz CT molecular complexity index is 3620. The molecular formula is C59H40N8. The lowest BCUT2D eigenvalue weighted by Gasteiger charge is -2.42. The molecule has 0 N–H and O–H groups in total. The topological polar surface area (TPSA) is 95.2 Å². The van der Waals surface area contributed by atoms with Gasteiger partial charge in [-0.2, -0.15) is 0 Å². The molecule has 0 amide bonds. The zero-order chi connectivity index (χ0) is 44.4. The summed E-state index contributed by atoms with van der Waals surface area (Å²) >= 11 is 0. The predicted octanol–water partition coefficient (Wildman–Crippen LogP) is 12.9. The summed E-state index contributed by atoms with van der Waals surface area (Å²) in [6, 6.07) is 69.7. The Hall–Kier alpha value is -8.75. The van der Waals surface area contributed by atoms with Gasteiger partial charge in [0.15, 0.2) is 34.9 Å². The Kier molecular flexibility index (Phi) is 9.09. The molecule has 2 bridgehead atoms. The number of imidazole rings is 1. The van der Waals surface area contributed by atoms with E-state index in [1.807, 2.05) is 84.9 Å². The van der Waals surface area contributed by atoms with E-state index in [2.05, 4.69) is 127 Å². The number of hydrogen-bond donors (Lipinski definition) is 0. The Morgan fingerprint density at radius 1 is 0.328 bits per heavy atom. The number of aryl methyl sites for hydroxylation is 1. The van der Waals surface area contributed by atoms with Crippen LogP contribution in [0.2, 0.25) is 0 Å². The van der Waals surface area contributed by atoms with E-state index >= 15 is 0 Å². The first-order valence-electron chi connectivity index (χ1n) is 22.8. The summed E-state index contributed by atoms with van der Waals surface area (Å²) in [5.74, 6) is 4.89. The maximum Gasteiger partial charge on any atom is 0.164 e. The molecule has 2 unspecified atom stereocenters. The van der Waals surface area contributed by atoms with Gasteiger partial charge in [0, 0.05) is 57.3 Å². The van der Waals surface area contributed by atoms with E-state index in [0.717, 1.165) is 62.3 Å². The zero-order valence-corrected chi connectivity index (χ0v) is 36.5. The summed E-state index contributed by atoms with van der Waals surface area (Å²) in [6.45, 7) is 2.14. The molecule has 0 saturated carbocycles. The summed E-state index contributed by atoms with van der Waals surface area (Å²) < 4.78 is 2.24. The van der Waals surface area contributed by atoms with Gasteiger partial charge in [0.25, 0.3) is 0 Å². The number of hydrogen-bond acceptors (Lipinski definition) is 7. The van der Waals surface area contributed by atoms with Crippen molar-refractivity contribution in [3.8, 4) is 74.0 Å². The fourth-order valence-electron chi connectivity index (χ4n) is 10.1. The van der Waals surface area contributed by atoms with Gasteiger partial charge in [-0.25, -0.2) is 34.9 Å². The fourth-order valence-corrected chi connectivity index (χ4v) is 10.1. The standard InChI is InChI=1S/C59H40N8/c1-2-51-60-49-24-14-15-25-50(49)67(51)42-30-26-39(27-31-42)57-62-56(38-20-10-5-11-21-38)65-59(66-57)41-29-33-46-48(35-41)53-44-23-13-12-22-43(44)52(46)47-34-40(28-32-45(47)53)58-63-54(36-16-6-3-7-17-36)61-55(64-58)37-18-8-4-9-19-37/h3-35,52-53H,2H2,1H3. The van der Waals surface area contributed by atoms with Crippen LogP contribution in [0.5, 0.6) is 0 Å². The second-order valence-electron chi connectivity index (χ2n) is 17.1. The minimum atomic E-state index is 0.0213. The molecule has 3 aliphatic rings. The minimum Gasteiger partial charge on any atom is -0.296 e. The van der Waals surface area contributed by atoms with Crippen molar-refractivity contribution in [2.24, 2.45) is 0 Å². The van der Waals surface area contributed by atoms with Gasteiger partial charge in [0.2, 0.25) is 0 Å². The molecule has 0 spiro atoms. The van der Waals surface area contributed by atoms with E-state index in [9.17, 15) is 0 Å². The SMILES string of the molecule is CCc1nc2ccccc2n1-c1ccc(-c2nc(-c3ccccc3)nc(-c3ccc4c(c3)C3c5ccccc5C4c4cc(-c5nc(-c6ccccc6)nc(-c6ccccc6)n5)ccc43)n2)cc1. The lowest BCUT2D eigenvalue weighted by molar-refractivity contribution is 0.754. The molecule has 0 aliphatic heterocycles. The van der Waals surface area contributed by atoms with Crippen LogP contribution in [0, 0.1) is 0 Å². The third-order valence-electron chi connectivity index (χ3n) is 13.2. The molecule has 0 saturated heterocycles. The first kappa shape index (κ1) is 38.7. The van der Waals surface area contributed by atoms with E-state index in [4.69, 9.17) is 34.9 Å². The van der Waals surface area contributed by atoms with Gasteiger partial charge in [-0.15, -0.1) is 0 Å². The van der Waals surface area contributed by atoms with Crippen molar-refractivity contribution in [1.82, 2.24) is 39.5 Å². The third kappa shape index (κ3) is 6.56. The number of para-hydroxylation sites is 2. The summed E-state index contributed by atoms with van der Waals surface area (Å²) in [7, 11) is 0. The van der Waals surface area contributed by atoms with Crippen LogP contribution in [-0.4, -0.2) is 39.5 Å². The fraction of sp³-hybridized carbons (Fsp3) is 0.0678. The molecule has 14 rings (SSSR count). The first-order valence-corrected chi connectivity index (χ1v) is 22.8. The molecule has 11 aromatic rings. The van der Waals surface area contributed by atoms with E-state index < -0.39 is 0 Å². The largest absolute Gasteiger partial charge is 0.296 e. The third-order valence-corrected chi connectivity index (χ3v) is 13.2. The number of fused-ring (bicyclic) bond motifs is 1. The maximum atomic E-state index is 5.22. The quantitative estimate of drug-likeness (QED) is 0.150. The van der Waals surface area contributed by atoms with Crippen LogP contribution >= 0.6 is 0 Å². The van der Waals surface area contributed by atoms with Crippen molar-refractivity contribution >= 4 is 11.0 Å². The molecule has 3 aliphatic carbocycles. The number of benzene rings is 8. The molecule has 2 atom stereocenters. The van der Waals surface area contributed by atoms with E-state index in [1.54, 1.807) is 0 Å². The van der Waals surface area contributed by atoms with Crippen LogP contribution < -0.4 is 0 Å². The Labute approximate surface area is 387 Å². The number of nitrogens with zero attached hydrogens (tertiary/aromatic N) is 8. The molecule has 316 valence electrons. The normalized spacial score (nSPS) is 14.4. The second kappa shape index (κ2) is 15.7. The van der Waals surface area contributed by atoms with Crippen LogP contribution in [-0.2, 0) is 6.42 Å². The first-order chi connectivity index (χ1) is 33.1. The molecular weight excluding hydrogens is 821 g/mol. The molecule has 0 radical (unpaired) electrons. The van der Waals surface area contributed by atoms with E-state index in [0.29, 0.717) is 34.9 Å². The van der Waals surface area contributed by atoms with Crippen LogP contribution in [0.3, 0.4) is 0 Å². The van der Waals surface area contributed by atoms with Crippen molar-refractivity contribution in [2.75, 3.05) is 0 Å². The molecule has 3 aromatic heterocycles. The highest BCUT2D eigenvalue weighted by molar-refractivity contribution is 5.79. The molecule has 67 heavy (non-hydrogen) atoms. The Morgan fingerprint density at radius 2 is 0.687 bits per heavy atom. The molecule has 8 heteroatoms. The van der Waals surface area contributed by atoms with Crippen LogP contribution in [0.1, 0.15) is 58.0 Å². The van der Waals surface area contributed by atoms with Crippen molar-refractivity contribution < 1.29 is 0 Å². The van der Waals surface area contributed by atoms with Crippen LogP contribution in [0.15, 0.2) is 200 Å². The molecule has 0 fully saturated rings. The van der Waals surface area contributed by atoms with Crippen molar-refractivity contribution in [2.45, 2.75) is 25.2 Å². The van der Waals surface area contributed by atoms with Gasteiger partial charge in [0.1, 0.15) is 5.82 Å². The highest BCUT2D eigenvalue weighted by atomic mass is 15.1. The van der Waals surface area contributed by atoms with E-state index in [-0.39, 0.29) is 11.8 Å². The zero-order valence-electron chi connectivity index (χ0n) is 36.5. The van der Waals surface area contributed by atoms with Gasteiger partial charge in [-0.3, -0.25) is 4.57 Å². The van der Waals surface area contributed by atoms with Crippen molar-refractivity contribution in [1.29, 1.82) is 0 Å². The predicted molar refractivity (Wildman–Crippen MR) is 265 cm³/mol. The Balaban J connectivity index is 0.911. The number of aromatic nitrogens is 8. The summed E-state index contributed by atoms with van der Waals surface area (Å²) in [6.07, 6.45) is 0.820. The lowest BCUT2D eigenvalue weighted by atomic mass is 9.61. The molecule has 8 aromatic carbocycles. The maximum absolute atomic E-state index is 5.22. The average molecular weight is 861 g/mol. The summed E-state index contributed by atoms with van der Waals surface area (Å²) in [5.41, 5.74) is 16.5. The average Bonchev–Trinajstić information content (AvgIpc) is 3.80. The summed E-state index contributed by atoms with van der Waals surface area (Å²) in [5, 5.41) is 0. The summed E-state index contributed by atoms with van der Waals surface area (Å²) in [4.78, 5) is 35.5. The van der Waals surface area contributed by atoms with Gasteiger partial charge < -0.3 is 0 Å². The van der Waals surface area contributed by atoms with Crippen LogP contribution in [0.4, 0.5) is 0 Å². The van der Waals surface area contributed by atoms with E-state index in [1.165, 1.54) is 33.4 Å². The molecule has 3 heterocycles. The van der Waals surface area contributed by atoms with Gasteiger partial charge >= 0.3 is 0 Å². The monoisotopic (exact) mass is 860 g/mol. The highest BCUT2D eigenvalue weighted by Crippen LogP contribution is 2.56.